The molecule has 1 rings (SSSR count). The fraction of sp³-hybridized carbons (Fsp3) is 0.947. The van der Waals surface area contributed by atoms with Crippen LogP contribution in [0.1, 0.15) is 47.0 Å². The number of nitrogens with one attached hydrogen (secondary N) is 1. The van der Waals surface area contributed by atoms with Crippen molar-refractivity contribution in [2.24, 2.45) is 10.9 Å². The molecule has 0 aromatic rings. The molecule has 1 heterocycles. The second-order valence-corrected chi connectivity index (χ2v) is 9.57. The zero-order chi connectivity index (χ0) is 21.0. The lowest BCUT2D eigenvalue weighted by molar-refractivity contribution is 0.0904. The van der Waals surface area contributed by atoms with Crippen LogP contribution >= 0.6 is 24.0 Å². The van der Waals surface area contributed by atoms with Gasteiger partial charge in [0.2, 0.25) is 10.0 Å². The molecule has 0 radical (unpaired) electrons. The number of guanidine groups is 1. The number of halogens is 1. The van der Waals surface area contributed by atoms with E-state index in [1.54, 1.807) is 4.31 Å². The van der Waals surface area contributed by atoms with Crippen molar-refractivity contribution in [1.29, 1.82) is 0 Å². The number of hydrogen-bond acceptors (Lipinski definition) is 5. The molecule has 0 aromatic heterocycles. The Morgan fingerprint density at radius 1 is 1.17 bits per heavy atom. The van der Waals surface area contributed by atoms with Gasteiger partial charge in [-0.05, 0) is 39.5 Å². The monoisotopic (exact) mass is 548 g/mol. The summed E-state index contributed by atoms with van der Waals surface area (Å²) in [6.07, 6.45) is 2.93. The van der Waals surface area contributed by atoms with Gasteiger partial charge in [0.15, 0.2) is 5.96 Å². The number of nitrogens with zero attached hydrogens (tertiary/aromatic N) is 3. The van der Waals surface area contributed by atoms with E-state index in [4.69, 9.17) is 9.73 Å². The van der Waals surface area contributed by atoms with Gasteiger partial charge in [0.25, 0.3) is 0 Å². The highest BCUT2D eigenvalue weighted by Crippen LogP contribution is 2.13. The Kier molecular flexibility index (Phi) is 15.5. The summed E-state index contributed by atoms with van der Waals surface area (Å²) in [4.78, 5) is 6.89. The molecule has 174 valence electrons. The second-order valence-electron chi connectivity index (χ2n) is 7.48. The fourth-order valence-corrected chi connectivity index (χ4v) is 4.54. The maximum Gasteiger partial charge on any atom is 0.216 e. The topological polar surface area (TPSA) is 94.5 Å². The van der Waals surface area contributed by atoms with Crippen LogP contribution in [0.5, 0.6) is 0 Å². The van der Waals surface area contributed by atoms with Crippen LogP contribution in [0.15, 0.2) is 4.99 Å². The summed E-state index contributed by atoms with van der Waals surface area (Å²) in [7, 11) is -3.29. The predicted octanol–water partition coefficient (Wildman–Crippen LogP) is 1.74. The second kappa shape index (κ2) is 15.6. The van der Waals surface area contributed by atoms with Crippen molar-refractivity contribution < 1.29 is 18.3 Å². The van der Waals surface area contributed by atoms with E-state index in [0.29, 0.717) is 38.6 Å². The van der Waals surface area contributed by atoms with Gasteiger partial charge in [-0.25, -0.2) is 8.42 Å². The first-order valence-corrected chi connectivity index (χ1v) is 12.2. The van der Waals surface area contributed by atoms with Crippen molar-refractivity contribution in [3.8, 4) is 0 Å². The highest BCUT2D eigenvalue weighted by Gasteiger charge is 2.28. The Hall–Kier alpha value is -0.170. The van der Waals surface area contributed by atoms with E-state index in [0.717, 1.165) is 31.8 Å². The molecule has 1 saturated heterocycles. The van der Waals surface area contributed by atoms with E-state index in [2.05, 4.69) is 17.1 Å². The number of piperazine rings is 1. The standard InChI is InChI=1S/C19H40N4O4S.HI/c1-5-7-18(8-13-24)16-21-19(20-6-2)22-9-11-23(12-10-22)28(25,26)15-14-27-17(3)4;/h17-18,24H,5-16H2,1-4H3,(H,20,21);1H. The van der Waals surface area contributed by atoms with Gasteiger partial charge >= 0.3 is 0 Å². The maximum atomic E-state index is 12.5. The Morgan fingerprint density at radius 3 is 2.34 bits per heavy atom. The molecule has 0 saturated carbocycles. The highest BCUT2D eigenvalue weighted by molar-refractivity contribution is 14.0. The lowest BCUT2D eigenvalue weighted by Crippen LogP contribution is -2.54. The molecule has 0 aromatic carbocycles. The summed E-state index contributed by atoms with van der Waals surface area (Å²) in [6, 6.07) is 0. The van der Waals surface area contributed by atoms with Crippen LogP contribution in [-0.4, -0.2) is 93.0 Å². The third kappa shape index (κ3) is 11.1. The van der Waals surface area contributed by atoms with E-state index >= 15 is 0 Å². The average Bonchev–Trinajstić information content (AvgIpc) is 2.65. The van der Waals surface area contributed by atoms with Crippen molar-refractivity contribution in [2.75, 3.05) is 58.2 Å². The Labute approximate surface area is 194 Å². The van der Waals surface area contributed by atoms with Gasteiger partial charge < -0.3 is 20.1 Å². The van der Waals surface area contributed by atoms with Gasteiger partial charge in [-0.1, -0.05) is 13.3 Å². The molecule has 1 aliphatic rings. The first-order valence-electron chi connectivity index (χ1n) is 10.6. The van der Waals surface area contributed by atoms with Crippen LogP contribution in [0, 0.1) is 5.92 Å². The zero-order valence-corrected chi connectivity index (χ0v) is 21.6. The van der Waals surface area contributed by atoms with Gasteiger partial charge in [-0.2, -0.15) is 4.31 Å². The molecule has 29 heavy (non-hydrogen) atoms. The summed E-state index contributed by atoms with van der Waals surface area (Å²) in [5.41, 5.74) is 0. The van der Waals surface area contributed by atoms with E-state index in [1.807, 2.05) is 20.8 Å². The molecule has 0 bridgehead atoms. The van der Waals surface area contributed by atoms with Gasteiger partial charge in [-0.15, -0.1) is 24.0 Å². The molecule has 1 atom stereocenters. The summed E-state index contributed by atoms with van der Waals surface area (Å²) in [6.45, 7) is 12.0. The van der Waals surface area contributed by atoms with E-state index in [-0.39, 0.29) is 49.0 Å². The quantitative estimate of drug-likeness (QED) is 0.219. The molecular weight excluding hydrogens is 507 g/mol. The van der Waals surface area contributed by atoms with Crippen LogP contribution < -0.4 is 5.32 Å². The number of aliphatic imine (C=N–C) groups is 1. The van der Waals surface area contributed by atoms with Crippen LogP contribution in [0.25, 0.3) is 0 Å². The van der Waals surface area contributed by atoms with Crippen molar-refractivity contribution >= 4 is 40.0 Å². The Bertz CT molecular complexity index is 546. The van der Waals surface area contributed by atoms with Crippen molar-refractivity contribution in [2.45, 2.75) is 53.1 Å². The average molecular weight is 549 g/mol. The Morgan fingerprint density at radius 2 is 1.83 bits per heavy atom. The molecule has 0 spiro atoms. The molecule has 1 fully saturated rings. The smallest absolute Gasteiger partial charge is 0.216 e. The number of sulfonamides is 1. The SMILES string of the molecule is CCCC(CCO)CN=C(NCC)N1CCN(S(=O)(=O)CCOC(C)C)CC1.I. The molecule has 1 unspecified atom stereocenters. The minimum absolute atomic E-state index is 0. The van der Waals surface area contributed by atoms with Crippen LogP contribution in [0.4, 0.5) is 0 Å². The fourth-order valence-electron chi connectivity index (χ4n) is 3.26. The first kappa shape index (κ1) is 28.8. The largest absolute Gasteiger partial charge is 0.396 e. The molecule has 8 nitrogen and oxygen atoms in total. The summed E-state index contributed by atoms with van der Waals surface area (Å²) in [5, 5.41) is 12.5. The molecule has 0 aliphatic carbocycles. The van der Waals surface area contributed by atoms with Gasteiger partial charge in [0.05, 0.1) is 18.5 Å². The Balaban J connectivity index is 0.00000784. The number of aliphatic hydroxyl groups is 1. The maximum absolute atomic E-state index is 12.5. The van der Waals surface area contributed by atoms with E-state index in [1.165, 1.54) is 0 Å². The molecular formula is C19H41IN4O4S. The summed E-state index contributed by atoms with van der Waals surface area (Å²) in [5.74, 6) is 1.24. The number of rotatable bonds is 12. The lowest BCUT2D eigenvalue weighted by atomic mass is 10.0. The van der Waals surface area contributed by atoms with Gasteiger partial charge in [-0.3, -0.25) is 4.99 Å². The van der Waals surface area contributed by atoms with Crippen LogP contribution in [-0.2, 0) is 14.8 Å². The van der Waals surface area contributed by atoms with Crippen molar-refractivity contribution in [3.63, 3.8) is 0 Å². The van der Waals surface area contributed by atoms with Crippen LogP contribution in [0.3, 0.4) is 0 Å². The minimum Gasteiger partial charge on any atom is -0.396 e. The third-order valence-electron chi connectivity index (χ3n) is 4.79. The number of hydrogen-bond donors (Lipinski definition) is 2. The van der Waals surface area contributed by atoms with Gasteiger partial charge in [0, 0.05) is 45.9 Å². The number of aliphatic hydroxyl groups excluding tert-OH is 1. The normalized spacial score (nSPS) is 17.3. The highest BCUT2D eigenvalue weighted by atomic mass is 127. The molecule has 2 N–H and O–H groups in total. The van der Waals surface area contributed by atoms with Crippen molar-refractivity contribution in [3.05, 3.63) is 0 Å². The molecule has 0 amide bonds. The predicted molar refractivity (Wildman–Crippen MR) is 130 cm³/mol. The van der Waals surface area contributed by atoms with Crippen LogP contribution in [0.2, 0.25) is 0 Å². The zero-order valence-electron chi connectivity index (χ0n) is 18.5. The molecule has 1 aliphatic heterocycles. The van der Waals surface area contributed by atoms with E-state index in [9.17, 15) is 13.5 Å². The summed E-state index contributed by atoms with van der Waals surface area (Å²) < 4.78 is 31.9. The van der Waals surface area contributed by atoms with Gasteiger partial charge in [0.1, 0.15) is 0 Å². The molecule has 10 heteroatoms. The number of ether oxygens (including phenoxy) is 1. The van der Waals surface area contributed by atoms with Crippen molar-refractivity contribution in [1.82, 2.24) is 14.5 Å². The minimum atomic E-state index is -3.29. The summed E-state index contributed by atoms with van der Waals surface area (Å²) >= 11 is 0. The lowest BCUT2D eigenvalue weighted by Gasteiger charge is -2.36. The van der Waals surface area contributed by atoms with E-state index < -0.39 is 10.0 Å². The first-order chi connectivity index (χ1) is 13.3. The third-order valence-corrected chi connectivity index (χ3v) is 6.63.